The molecule has 0 atom stereocenters. The quantitative estimate of drug-likeness (QED) is 0.580. The number of hydrogen-bond donors (Lipinski definition) is 2. The van der Waals surface area contributed by atoms with E-state index < -0.39 is 17.8 Å². The first-order valence-electron chi connectivity index (χ1n) is 9.82. The molecule has 1 aliphatic carbocycles. The number of anilines is 1. The van der Waals surface area contributed by atoms with Crippen molar-refractivity contribution in [1.29, 1.82) is 0 Å². The van der Waals surface area contributed by atoms with E-state index in [0.29, 0.717) is 23.6 Å². The number of esters is 1. The van der Waals surface area contributed by atoms with Gasteiger partial charge in [-0.25, -0.2) is 4.79 Å². The highest BCUT2D eigenvalue weighted by Crippen LogP contribution is 2.27. The summed E-state index contributed by atoms with van der Waals surface area (Å²) < 4.78 is 11.9. The van der Waals surface area contributed by atoms with Crippen molar-refractivity contribution in [3.05, 3.63) is 28.3 Å². The molecule has 0 aromatic carbocycles. The van der Waals surface area contributed by atoms with Gasteiger partial charge in [-0.15, -0.1) is 0 Å². The number of aryl methyl sites for hydroxylation is 2. The van der Waals surface area contributed by atoms with Crippen molar-refractivity contribution in [3.8, 4) is 0 Å². The van der Waals surface area contributed by atoms with Crippen LogP contribution in [0.25, 0.3) is 0 Å². The number of nitrogens with one attached hydrogen (secondary N) is 2. The van der Waals surface area contributed by atoms with Gasteiger partial charge in [0.25, 0.3) is 0 Å². The number of aromatic nitrogens is 3. The van der Waals surface area contributed by atoms with Crippen LogP contribution in [0.4, 0.5) is 5.82 Å². The Hall–Kier alpha value is -3.17. The molecular weight excluding hydrogens is 378 g/mol. The molecule has 10 heteroatoms. The van der Waals surface area contributed by atoms with Crippen LogP contribution in [0.1, 0.15) is 58.8 Å². The maximum absolute atomic E-state index is 12.3. The Morgan fingerprint density at radius 2 is 1.90 bits per heavy atom. The third kappa shape index (κ3) is 3.74. The Morgan fingerprint density at radius 1 is 1.10 bits per heavy atom. The van der Waals surface area contributed by atoms with Crippen molar-refractivity contribution in [3.63, 3.8) is 0 Å². The Bertz CT molecular complexity index is 961. The van der Waals surface area contributed by atoms with Crippen LogP contribution in [0, 0.1) is 0 Å². The summed E-state index contributed by atoms with van der Waals surface area (Å²) >= 11 is 0. The number of fused-ring (bicyclic) bond motifs is 2. The number of rotatable bonds is 4. The summed E-state index contributed by atoms with van der Waals surface area (Å²) in [6.07, 6.45) is 6.23. The standard InChI is InChI=1S/C19H23N5O5/c1-28-19(27)15-12(22-24-9-5-4-7-13(15)24)10-20-17(25)18(26)21-16-11-6-2-3-8-14(11)29-23-16/h2-10H2,1H3,(H,20,25)(H,21,23,26). The molecule has 29 heavy (non-hydrogen) atoms. The van der Waals surface area contributed by atoms with Gasteiger partial charge >= 0.3 is 17.8 Å². The number of carbonyl (C=O) groups excluding carboxylic acids is 3. The monoisotopic (exact) mass is 401 g/mol. The van der Waals surface area contributed by atoms with Crippen molar-refractivity contribution in [1.82, 2.24) is 20.3 Å². The molecule has 2 aromatic rings. The van der Waals surface area contributed by atoms with E-state index in [0.717, 1.165) is 62.0 Å². The van der Waals surface area contributed by atoms with E-state index in [1.54, 1.807) is 4.68 Å². The molecule has 0 bridgehead atoms. The number of hydrogen-bond acceptors (Lipinski definition) is 7. The second kappa shape index (κ2) is 8.06. The predicted octanol–water partition coefficient (Wildman–Crippen LogP) is 1.13. The minimum Gasteiger partial charge on any atom is -0.465 e. The van der Waals surface area contributed by atoms with Gasteiger partial charge in [-0.3, -0.25) is 19.6 Å². The summed E-state index contributed by atoms with van der Waals surface area (Å²) in [5.41, 5.74) is 2.44. The molecule has 0 saturated heterocycles. The van der Waals surface area contributed by atoms with Crippen LogP contribution in [0.15, 0.2) is 4.52 Å². The predicted molar refractivity (Wildman–Crippen MR) is 100 cm³/mol. The van der Waals surface area contributed by atoms with Crippen LogP contribution < -0.4 is 10.6 Å². The average molecular weight is 401 g/mol. The van der Waals surface area contributed by atoms with Gasteiger partial charge in [0.05, 0.1) is 25.0 Å². The van der Waals surface area contributed by atoms with Crippen molar-refractivity contribution in [2.24, 2.45) is 0 Å². The van der Waals surface area contributed by atoms with E-state index in [1.807, 2.05) is 0 Å². The van der Waals surface area contributed by atoms with Crippen LogP contribution >= 0.6 is 0 Å². The molecule has 10 nitrogen and oxygen atoms in total. The van der Waals surface area contributed by atoms with Crippen LogP contribution in [0.2, 0.25) is 0 Å². The second-order valence-electron chi connectivity index (χ2n) is 7.22. The smallest absolute Gasteiger partial charge is 0.341 e. The summed E-state index contributed by atoms with van der Waals surface area (Å²) in [6, 6.07) is 0. The van der Waals surface area contributed by atoms with E-state index in [4.69, 9.17) is 9.26 Å². The lowest BCUT2D eigenvalue weighted by Gasteiger charge is -2.13. The zero-order valence-electron chi connectivity index (χ0n) is 16.2. The normalized spacial score (nSPS) is 15.2. The minimum atomic E-state index is -0.838. The fraction of sp³-hybridized carbons (Fsp3) is 0.526. The molecule has 2 aliphatic rings. The van der Waals surface area contributed by atoms with Crippen LogP contribution in [-0.4, -0.2) is 39.8 Å². The van der Waals surface area contributed by atoms with Gasteiger partial charge in [0.15, 0.2) is 5.82 Å². The SMILES string of the molecule is COC(=O)c1c(CNC(=O)C(=O)Nc2noc3c2CCCC3)nn2c1CCCC2. The van der Waals surface area contributed by atoms with Crippen molar-refractivity contribution < 1.29 is 23.6 Å². The molecular formula is C19H23N5O5. The maximum Gasteiger partial charge on any atom is 0.341 e. The Morgan fingerprint density at radius 3 is 2.72 bits per heavy atom. The van der Waals surface area contributed by atoms with Crippen molar-refractivity contribution in [2.75, 3.05) is 12.4 Å². The molecule has 0 spiro atoms. The molecule has 0 saturated carbocycles. The zero-order chi connectivity index (χ0) is 20.4. The van der Waals surface area contributed by atoms with Gasteiger partial charge in [-0.1, -0.05) is 5.16 Å². The van der Waals surface area contributed by atoms with Gasteiger partial charge in [-0.05, 0) is 38.5 Å². The summed E-state index contributed by atoms with van der Waals surface area (Å²) in [7, 11) is 1.31. The van der Waals surface area contributed by atoms with E-state index in [-0.39, 0.29) is 6.54 Å². The van der Waals surface area contributed by atoms with Gasteiger partial charge in [0, 0.05) is 18.5 Å². The lowest BCUT2D eigenvalue weighted by molar-refractivity contribution is -0.136. The number of amides is 2. The third-order valence-corrected chi connectivity index (χ3v) is 5.36. The summed E-state index contributed by atoms with van der Waals surface area (Å²) in [6.45, 7) is 0.665. The molecule has 154 valence electrons. The molecule has 0 unspecified atom stereocenters. The number of methoxy groups -OCH3 is 1. The maximum atomic E-state index is 12.3. The lowest BCUT2D eigenvalue weighted by atomic mass is 9.98. The zero-order valence-corrected chi connectivity index (χ0v) is 16.2. The van der Waals surface area contributed by atoms with Crippen molar-refractivity contribution in [2.45, 2.75) is 58.0 Å². The molecule has 2 N–H and O–H groups in total. The van der Waals surface area contributed by atoms with Gasteiger partial charge in [-0.2, -0.15) is 5.10 Å². The fourth-order valence-corrected chi connectivity index (χ4v) is 3.90. The number of carbonyl (C=O) groups is 3. The number of nitrogens with zero attached hydrogens (tertiary/aromatic N) is 3. The molecule has 3 heterocycles. The van der Waals surface area contributed by atoms with Crippen molar-refractivity contribution >= 4 is 23.6 Å². The van der Waals surface area contributed by atoms with E-state index >= 15 is 0 Å². The Kier molecular flexibility index (Phi) is 5.32. The highest BCUT2D eigenvalue weighted by molar-refractivity contribution is 6.39. The second-order valence-corrected chi connectivity index (χ2v) is 7.22. The first-order valence-corrected chi connectivity index (χ1v) is 9.82. The summed E-state index contributed by atoms with van der Waals surface area (Å²) in [4.78, 5) is 36.7. The highest BCUT2D eigenvalue weighted by Gasteiger charge is 2.27. The Balaban J connectivity index is 1.43. The lowest BCUT2D eigenvalue weighted by Crippen LogP contribution is -2.35. The fourth-order valence-electron chi connectivity index (χ4n) is 3.90. The molecule has 2 aromatic heterocycles. The Labute approximate surface area is 166 Å². The average Bonchev–Trinajstić information content (AvgIpc) is 3.32. The number of ether oxygens (including phenoxy) is 1. The molecule has 0 radical (unpaired) electrons. The first-order chi connectivity index (χ1) is 14.1. The first kappa shape index (κ1) is 19.2. The van der Waals surface area contributed by atoms with Crippen LogP contribution in [-0.2, 0) is 46.7 Å². The van der Waals surface area contributed by atoms with Gasteiger partial charge in [0.2, 0.25) is 0 Å². The van der Waals surface area contributed by atoms with Gasteiger partial charge in [0.1, 0.15) is 11.3 Å². The van der Waals surface area contributed by atoms with E-state index in [2.05, 4.69) is 20.9 Å². The molecule has 1 aliphatic heterocycles. The molecule has 2 amide bonds. The van der Waals surface area contributed by atoms with E-state index in [1.165, 1.54) is 7.11 Å². The van der Waals surface area contributed by atoms with E-state index in [9.17, 15) is 14.4 Å². The van der Waals surface area contributed by atoms with Gasteiger partial charge < -0.3 is 14.6 Å². The highest BCUT2D eigenvalue weighted by atomic mass is 16.5. The largest absolute Gasteiger partial charge is 0.465 e. The third-order valence-electron chi connectivity index (χ3n) is 5.36. The van der Waals surface area contributed by atoms with Crippen LogP contribution in [0.5, 0.6) is 0 Å². The molecule has 4 rings (SSSR count). The topological polar surface area (TPSA) is 128 Å². The summed E-state index contributed by atoms with van der Waals surface area (Å²) in [5.74, 6) is -1.10. The minimum absolute atomic E-state index is 0.0480. The molecule has 0 fully saturated rings. The van der Waals surface area contributed by atoms with Crippen LogP contribution in [0.3, 0.4) is 0 Å². The summed E-state index contributed by atoms with van der Waals surface area (Å²) in [5, 5.41) is 13.3.